The van der Waals surface area contributed by atoms with E-state index in [1.54, 1.807) is 19.1 Å². The van der Waals surface area contributed by atoms with Gasteiger partial charge in [0.05, 0.1) is 24.7 Å². The van der Waals surface area contributed by atoms with Crippen LogP contribution in [-0.4, -0.2) is 36.7 Å². The third-order valence-electron chi connectivity index (χ3n) is 6.15. The largest absolute Gasteiger partial charge is 0.494 e. The third kappa shape index (κ3) is 3.87. The normalized spacial score (nSPS) is 11.3. The fraction of sp³-hybridized carbons (Fsp3) is 0.240. The first-order valence-electron chi connectivity index (χ1n) is 11.2. The Balaban J connectivity index is 1.60. The van der Waals surface area contributed by atoms with Crippen molar-refractivity contribution in [2.24, 2.45) is 14.1 Å². The second kappa shape index (κ2) is 9.08. The SMILES string of the molecule is COc1ccc(C)c2sc(N(Cc3ccccc3)C(=O)Cn3cnc4c3c(=O)n(C)c(=O)n4C)nc12. The fourth-order valence-corrected chi connectivity index (χ4v) is 5.22. The molecule has 0 unspecified atom stereocenters. The summed E-state index contributed by atoms with van der Waals surface area (Å²) in [5.41, 5.74) is 2.09. The molecule has 184 valence electrons. The number of carbonyl (C=O) groups excluding carboxylic acids is 1. The number of methoxy groups -OCH3 is 1. The lowest BCUT2D eigenvalue weighted by Gasteiger charge is -2.20. The highest BCUT2D eigenvalue weighted by atomic mass is 32.1. The molecule has 0 aliphatic rings. The van der Waals surface area contributed by atoms with Crippen LogP contribution >= 0.6 is 11.3 Å². The molecule has 0 saturated carbocycles. The molecule has 0 spiro atoms. The number of carbonyl (C=O) groups is 1. The van der Waals surface area contributed by atoms with Crippen LogP contribution in [-0.2, 0) is 32.0 Å². The summed E-state index contributed by atoms with van der Waals surface area (Å²) in [4.78, 5) is 49.5. The maximum Gasteiger partial charge on any atom is 0.332 e. The molecule has 3 aromatic heterocycles. The van der Waals surface area contributed by atoms with Crippen LogP contribution in [0.3, 0.4) is 0 Å². The molecule has 0 saturated heterocycles. The van der Waals surface area contributed by atoms with Crippen LogP contribution in [0, 0.1) is 6.92 Å². The van der Waals surface area contributed by atoms with Gasteiger partial charge in [-0.25, -0.2) is 14.8 Å². The van der Waals surface area contributed by atoms with Crippen molar-refractivity contribution < 1.29 is 9.53 Å². The molecule has 0 fully saturated rings. The Kier molecular flexibility index (Phi) is 5.92. The Morgan fingerprint density at radius 1 is 1.08 bits per heavy atom. The zero-order valence-electron chi connectivity index (χ0n) is 20.3. The van der Waals surface area contributed by atoms with E-state index in [9.17, 15) is 14.4 Å². The number of thiazole rings is 1. The van der Waals surface area contributed by atoms with Crippen LogP contribution in [0.1, 0.15) is 11.1 Å². The molecule has 1 amide bonds. The first-order valence-corrected chi connectivity index (χ1v) is 12.0. The molecule has 36 heavy (non-hydrogen) atoms. The number of rotatable bonds is 6. The molecule has 5 aromatic rings. The molecule has 0 N–H and O–H groups in total. The van der Waals surface area contributed by atoms with Crippen LogP contribution in [0.15, 0.2) is 58.4 Å². The zero-order chi connectivity index (χ0) is 25.6. The standard InChI is InChI=1S/C25H24N6O4S/c1-15-10-11-17(35-4)19-21(15)36-24(27-19)31(12-16-8-6-5-7-9-16)18(32)13-30-14-26-22-20(30)23(33)29(3)25(34)28(22)2/h5-11,14H,12-13H2,1-4H3. The van der Waals surface area contributed by atoms with Gasteiger partial charge in [-0.15, -0.1) is 0 Å². The van der Waals surface area contributed by atoms with E-state index in [-0.39, 0.29) is 23.6 Å². The van der Waals surface area contributed by atoms with Gasteiger partial charge in [-0.3, -0.25) is 23.6 Å². The van der Waals surface area contributed by atoms with Gasteiger partial charge in [0.2, 0.25) is 5.91 Å². The predicted molar refractivity (Wildman–Crippen MR) is 139 cm³/mol. The summed E-state index contributed by atoms with van der Waals surface area (Å²) in [6.07, 6.45) is 1.41. The predicted octanol–water partition coefficient (Wildman–Crippen LogP) is 2.59. The molecule has 0 radical (unpaired) electrons. The molecule has 10 nitrogen and oxygen atoms in total. The molecule has 0 aliphatic heterocycles. The van der Waals surface area contributed by atoms with E-state index in [2.05, 4.69) is 4.98 Å². The van der Waals surface area contributed by atoms with Crippen molar-refractivity contribution in [2.75, 3.05) is 12.0 Å². The summed E-state index contributed by atoms with van der Waals surface area (Å²) in [5.74, 6) is 0.361. The van der Waals surface area contributed by atoms with Crippen molar-refractivity contribution in [1.82, 2.24) is 23.7 Å². The number of ether oxygens (including phenoxy) is 1. The minimum Gasteiger partial charge on any atom is -0.494 e. The van der Waals surface area contributed by atoms with Gasteiger partial charge in [-0.2, -0.15) is 0 Å². The van der Waals surface area contributed by atoms with Crippen LogP contribution in [0.5, 0.6) is 5.75 Å². The topological polar surface area (TPSA) is 104 Å². The van der Waals surface area contributed by atoms with E-state index >= 15 is 0 Å². The lowest BCUT2D eigenvalue weighted by Crippen LogP contribution is -2.38. The number of aromatic nitrogens is 5. The van der Waals surface area contributed by atoms with E-state index in [4.69, 9.17) is 9.72 Å². The van der Waals surface area contributed by atoms with Crippen molar-refractivity contribution in [2.45, 2.75) is 20.0 Å². The molecule has 0 atom stereocenters. The van der Waals surface area contributed by atoms with Crippen molar-refractivity contribution in [3.63, 3.8) is 0 Å². The van der Waals surface area contributed by atoms with Gasteiger partial charge in [0.1, 0.15) is 17.8 Å². The Bertz CT molecular complexity index is 1730. The number of hydrogen-bond donors (Lipinski definition) is 0. The summed E-state index contributed by atoms with van der Waals surface area (Å²) < 4.78 is 10.2. The van der Waals surface area contributed by atoms with Crippen LogP contribution in [0.2, 0.25) is 0 Å². The average Bonchev–Trinajstić information content (AvgIpc) is 3.51. The number of hydrogen-bond acceptors (Lipinski definition) is 7. The summed E-state index contributed by atoms with van der Waals surface area (Å²) in [6.45, 7) is 2.14. The van der Waals surface area contributed by atoms with Gasteiger partial charge < -0.3 is 9.30 Å². The average molecular weight is 505 g/mol. The summed E-state index contributed by atoms with van der Waals surface area (Å²) >= 11 is 1.41. The molecule has 2 aromatic carbocycles. The molecular weight excluding hydrogens is 480 g/mol. The number of fused-ring (bicyclic) bond motifs is 2. The minimum atomic E-state index is -0.506. The lowest BCUT2D eigenvalue weighted by atomic mass is 10.2. The summed E-state index contributed by atoms with van der Waals surface area (Å²) in [5, 5.41) is 0.524. The molecule has 5 rings (SSSR count). The second-order valence-corrected chi connectivity index (χ2v) is 9.45. The Morgan fingerprint density at radius 3 is 2.56 bits per heavy atom. The molecule has 11 heteroatoms. The van der Waals surface area contributed by atoms with Gasteiger partial charge in [0.15, 0.2) is 16.3 Å². The fourth-order valence-electron chi connectivity index (χ4n) is 4.15. The highest BCUT2D eigenvalue weighted by molar-refractivity contribution is 7.22. The lowest BCUT2D eigenvalue weighted by molar-refractivity contribution is -0.119. The van der Waals surface area contributed by atoms with Crippen molar-refractivity contribution >= 4 is 43.8 Å². The van der Waals surface area contributed by atoms with Gasteiger partial charge in [0.25, 0.3) is 5.56 Å². The van der Waals surface area contributed by atoms with Gasteiger partial charge in [-0.1, -0.05) is 47.7 Å². The van der Waals surface area contributed by atoms with E-state index in [1.165, 1.54) is 33.8 Å². The smallest absolute Gasteiger partial charge is 0.332 e. The molecule has 0 bridgehead atoms. The molecule has 3 heterocycles. The van der Waals surface area contributed by atoms with E-state index in [0.29, 0.717) is 22.9 Å². The number of benzene rings is 2. The second-order valence-electron chi connectivity index (χ2n) is 8.47. The Labute approximate surface area is 209 Å². The maximum absolute atomic E-state index is 13.8. The highest BCUT2D eigenvalue weighted by Crippen LogP contribution is 2.37. The van der Waals surface area contributed by atoms with Crippen molar-refractivity contribution in [3.05, 3.63) is 80.8 Å². The molecular formula is C25H24N6O4S. The number of anilines is 1. The zero-order valence-corrected chi connectivity index (χ0v) is 21.1. The number of nitrogens with zero attached hydrogens (tertiary/aromatic N) is 6. The minimum absolute atomic E-state index is 0.150. The Morgan fingerprint density at radius 2 is 1.83 bits per heavy atom. The number of imidazole rings is 1. The van der Waals surface area contributed by atoms with Gasteiger partial charge in [0, 0.05) is 14.1 Å². The number of amides is 1. The summed E-state index contributed by atoms with van der Waals surface area (Å²) in [6, 6.07) is 13.5. The third-order valence-corrected chi connectivity index (χ3v) is 7.36. The van der Waals surface area contributed by atoms with Gasteiger partial charge in [-0.05, 0) is 24.1 Å². The Hall–Kier alpha value is -4.25. The first kappa shape index (κ1) is 23.5. The monoisotopic (exact) mass is 504 g/mol. The summed E-state index contributed by atoms with van der Waals surface area (Å²) in [7, 11) is 4.54. The molecule has 0 aliphatic carbocycles. The maximum atomic E-state index is 13.8. The van der Waals surface area contributed by atoms with E-state index < -0.39 is 11.2 Å². The highest BCUT2D eigenvalue weighted by Gasteiger charge is 2.24. The van der Waals surface area contributed by atoms with Crippen molar-refractivity contribution in [3.8, 4) is 5.75 Å². The first-order chi connectivity index (χ1) is 17.3. The van der Waals surface area contributed by atoms with Gasteiger partial charge >= 0.3 is 5.69 Å². The van der Waals surface area contributed by atoms with E-state index in [1.807, 2.05) is 49.4 Å². The quantitative estimate of drug-likeness (QED) is 0.352. The van der Waals surface area contributed by atoms with Crippen molar-refractivity contribution in [1.29, 1.82) is 0 Å². The van der Waals surface area contributed by atoms with Crippen LogP contribution in [0.4, 0.5) is 5.13 Å². The van der Waals surface area contributed by atoms with Crippen LogP contribution < -0.4 is 20.9 Å². The van der Waals surface area contributed by atoms with E-state index in [0.717, 1.165) is 20.4 Å². The van der Waals surface area contributed by atoms with Crippen LogP contribution in [0.25, 0.3) is 21.4 Å². The number of aryl methyl sites for hydroxylation is 2.